The summed E-state index contributed by atoms with van der Waals surface area (Å²) in [5, 5.41) is 0. The summed E-state index contributed by atoms with van der Waals surface area (Å²) in [5.74, 6) is -1.67. The van der Waals surface area contributed by atoms with Crippen LogP contribution in [0.15, 0.2) is 30.3 Å². The molecule has 4 nitrogen and oxygen atoms in total. The van der Waals surface area contributed by atoms with Crippen molar-refractivity contribution in [3.8, 4) is 0 Å². The zero-order valence-corrected chi connectivity index (χ0v) is 10.8. The summed E-state index contributed by atoms with van der Waals surface area (Å²) in [7, 11) is 0. The Hall–Kier alpha value is -0.940. The van der Waals surface area contributed by atoms with Crippen molar-refractivity contribution >= 4 is 0 Å². The molecule has 2 bridgehead atoms. The Bertz CT molecular complexity index is 454. The Labute approximate surface area is 112 Å². The van der Waals surface area contributed by atoms with Crippen LogP contribution in [-0.4, -0.2) is 31.7 Å². The molecule has 4 heteroatoms. The van der Waals surface area contributed by atoms with Crippen molar-refractivity contribution < 1.29 is 18.9 Å². The highest BCUT2D eigenvalue weighted by atomic mass is 16.8. The minimum atomic E-state index is -0.891. The van der Waals surface area contributed by atoms with Gasteiger partial charge in [-0.1, -0.05) is 30.3 Å². The van der Waals surface area contributed by atoms with Gasteiger partial charge in [0.25, 0.3) is 5.79 Å². The molecule has 19 heavy (non-hydrogen) atoms. The van der Waals surface area contributed by atoms with E-state index in [1.54, 1.807) is 0 Å². The highest BCUT2D eigenvalue weighted by Crippen LogP contribution is 2.52. The van der Waals surface area contributed by atoms with E-state index in [0.717, 1.165) is 24.8 Å². The van der Waals surface area contributed by atoms with Crippen LogP contribution in [0.2, 0.25) is 0 Å². The second-order valence-electron chi connectivity index (χ2n) is 5.40. The summed E-state index contributed by atoms with van der Waals surface area (Å²) in [4.78, 5) is 0. The van der Waals surface area contributed by atoms with Gasteiger partial charge in [-0.2, -0.15) is 0 Å². The zero-order valence-electron chi connectivity index (χ0n) is 10.8. The molecule has 3 aliphatic heterocycles. The van der Waals surface area contributed by atoms with Crippen LogP contribution in [0.3, 0.4) is 0 Å². The first-order valence-corrected chi connectivity index (χ1v) is 7.00. The van der Waals surface area contributed by atoms with Gasteiger partial charge in [0, 0.05) is 12.0 Å². The van der Waals surface area contributed by atoms with Crippen LogP contribution >= 0.6 is 0 Å². The monoisotopic (exact) mass is 262 g/mol. The summed E-state index contributed by atoms with van der Waals surface area (Å²) < 4.78 is 24.4. The summed E-state index contributed by atoms with van der Waals surface area (Å²) in [6.07, 6.45) is 2.97. The Balaban J connectivity index is 1.81. The van der Waals surface area contributed by atoms with Crippen molar-refractivity contribution in [1.82, 2.24) is 0 Å². The normalized spacial score (nSPS) is 41.6. The Morgan fingerprint density at radius 2 is 1.79 bits per heavy atom. The molecule has 0 aliphatic carbocycles. The zero-order chi connectivity index (χ0) is 12.8. The molecule has 4 rings (SSSR count). The lowest BCUT2D eigenvalue weighted by atomic mass is 9.90. The molecule has 0 N–H and O–H groups in total. The smallest absolute Gasteiger partial charge is 0.251 e. The third kappa shape index (κ3) is 1.61. The number of hydrogen-bond acceptors (Lipinski definition) is 4. The van der Waals surface area contributed by atoms with Gasteiger partial charge in [-0.15, -0.1) is 0 Å². The third-order valence-corrected chi connectivity index (χ3v) is 4.20. The number of ether oxygens (including phenoxy) is 4. The largest absolute Gasteiger partial charge is 0.345 e. The van der Waals surface area contributed by atoms with E-state index >= 15 is 0 Å². The first-order valence-electron chi connectivity index (χ1n) is 7.00. The molecule has 0 amide bonds. The van der Waals surface area contributed by atoms with Crippen LogP contribution in [0.4, 0.5) is 0 Å². The second-order valence-corrected chi connectivity index (χ2v) is 5.40. The standard InChI is InChI=1S/C15H18O4/c1-2-6-12(7-3-1)15-14(8-4-5-9-16-14)17-10-13(19-15)11-18-15/h1-3,6-7,13H,4-5,8-11H2/t13-,14+,15+/m1/s1. The molecular weight excluding hydrogens is 244 g/mol. The molecule has 0 saturated carbocycles. The Morgan fingerprint density at radius 1 is 0.947 bits per heavy atom. The lowest BCUT2D eigenvalue weighted by Gasteiger charge is -2.50. The molecule has 3 fully saturated rings. The lowest BCUT2D eigenvalue weighted by molar-refractivity contribution is -0.427. The molecule has 1 spiro atoms. The van der Waals surface area contributed by atoms with Crippen LogP contribution in [0.25, 0.3) is 0 Å². The van der Waals surface area contributed by atoms with Gasteiger partial charge in [0.2, 0.25) is 5.79 Å². The number of fused-ring (bicyclic) bond motifs is 3. The molecule has 3 aliphatic rings. The van der Waals surface area contributed by atoms with Crippen molar-refractivity contribution in [2.75, 3.05) is 19.8 Å². The van der Waals surface area contributed by atoms with Gasteiger partial charge in [0.15, 0.2) is 0 Å². The third-order valence-electron chi connectivity index (χ3n) is 4.20. The van der Waals surface area contributed by atoms with Gasteiger partial charge in [-0.3, -0.25) is 0 Å². The number of benzene rings is 1. The van der Waals surface area contributed by atoms with E-state index in [1.165, 1.54) is 0 Å². The molecule has 3 atom stereocenters. The summed E-state index contributed by atoms with van der Waals surface area (Å²) in [6.45, 7) is 1.82. The molecule has 0 aromatic heterocycles. The van der Waals surface area contributed by atoms with E-state index in [1.807, 2.05) is 30.3 Å². The predicted octanol–water partition coefficient (Wildman–Crippen LogP) is 2.18. The fourth-order valence-electron chi connectivity index (χ4n) is 3.29. The van der Waals surface area contributed by atoms with Crippen LogP contribution in [-0.2, 0) is 24.7 Å². The highest BCUT2D eigenvalue weighted by Gasteiger charge is 2.65. The fourth-order valence-corrected chi connectivity index (χ4v) is 3.29. The van der Waals surface area contributed by atoms with Gasteiger partial charge < -0.3 is 18.9 Å². The van der Waals surface area contributed by atoms with Crippen molar-refractivity contribution in [3.05, 3.63) is 35.9 Å². The van der Waals surface area contributed by atoms with E-state index in [0.29, 0.717) is 19.8 Å². The molecule has 0 radical (unpaired) electrons. The molecule has 3 saturated heterocycles. The topological polar surface area (TPSA) is 36.9 Å². The van der Waals surface area contributed by atoms with E-state index in [2.05, 4.69) is 0 Å². The fraction of sp³-hybridized carbons (Fsp3) is 0.600. The van der Waals surface area contributed by atoms with Crippen molar-refractivity contribution in [1.29, 1.82) is 0 Å². The quantitative estimate of drug-likeness (QED) is 0.777. The van der Waals surface area contributed by atoms with Crippen LogP contribution in [0.1, 0.15) is 24.8 Å². The van der Waals surface area contributed by atoms with Gasteiger partial charge in [-0.25, -0.2) is 0 Å². The summed E-state index contributed by atoms with van der Waals surface area (Å²) >= 11 is 0. The van der Waals surface area contributed by atoms with E-state index in [4.69, 9.17) is 18.9 Å². The van der Waals surface area contributed by atoms with Gasteiger partial charge in [-0.05, 0) is 12.8 Å². The first-order chi connectivity index (χ1) is 9.35. The summed E-state index contributed by atoms with van der Waals surface area (Å²) in [5.41, 5.74) is 0.985. The van der Waals surface area contributed by atoms with Crippen molar-refractivity contribution in [2.45, 2.75) is 36.9 Å². The van der Waals surface area contributed by atoms with Crippen LogP contribution in [0, 0.1) is 0 Å². The average Bonchev–Trinajstić information content (AvgIpc) is 2.88. The average molecular weight is 262 g/mol. The van der Waals surface area contributed by atoms with E-state index < -0.39 is 11.6 Å². The maximum atomic E-state index is 6.19. The molecule has 3 heterocycles. The molecular formula is C15H18O4. The second kappa shape index (κ2) is 4.28. The first kappa shape index (κ1) is 11.9. The van der Waals surface area contributed by atoms with Crippen LogP contribution < -0.4 is 0 Å². The molecule has 1 aromatic rings. The number of hydrogen-bond donors (Lipinski definition) is 0. The minimum absolute atomic E-state index is 0.0105. The lowest BCUT2D eigenvalue weighted by Crippen LogP contribution is -2.61. The summed E-state index contributed by atoms with van der Waals surface area (Å²) in [6, 6.07) is 10.0. The maximum absolute atomic E-state index is 6.19. The predicted molar refractivity (Wildman–Crippen MR) is 67.4 cm³/mol. The van der Waals surface area contributed by atoms with Gasteiger partial charge in [0.05, 0.1) is 19.8 Å². The minimum Gasteiger partial charge on any atom is -0.345 e. The highest BCUT2D eigenvalue weighted by molar-refractivity contribution is 5.25. The van der Waals surface area contributed by atoms with E-state index in [-0.39, 0.29) is 6.10 Å². The molecule has 1 aromatic carbocycles. The Kier molecular flexibility index (Phi) is 2.67. The van der Waals surface area contributed by atoms with Gasteiger partial charge >= 0.3 is 0 Å². The van der Waals surface area contributed by atoms with Crippen molar-refractivity contribution in [2.24, 2.45) is 0 Å². The van der Waals surface area contributed by atoms with Crippen LogP contribution in [0.5, 0.6) is 0 Å². The number of rotatable bonds is 1. The Morgan fingerprint density at radius 3 is 2.58 bits per heavy atom. The van der Waals surface area contributed by atoms with Crippen molar-refractivity contribution in [3.63, 3.8) is 0 Å². The van der Waals surface area contributed by atoms with Gasteiger partial charge in [0.1, 0.15) is 6.10 Å². The maximum Gasteiger partial charge on any atom is 0.251 e. The molecule has 0 unspecified atom stereocenters. The SMILES string of the molecule is c1ccc([C@@]23OC[C@@H](CO[C@@]24CCCCO4)O3)cc1. The van der Waals surface area contributed by atoms with E-state index in [9.17, 15) is 0 Å². The molecule has 102 valence electrons.